The predicted octanol–water partition coefficient (Wildman–Crippen LogP) is 4.41. The van der Waals surface area contributed by atoms with Gasteiger partial charge in [-0.15, -0.1) is 0 Å². The molecule has 1 aromatic carbocycles. The van der Waals surface area contributed by atoms with Crippen molar-refractivity contribution in [1.82, 2.24) is 9.97 Å². The Morgan fingerprint density at radius 2 is 1.96 bits per heavy atom. The van der Waals surface area contributed by atoms with Crippen LogP contribution >= 0.6 is 0 Å². The van der Waals surface area contributed by atoms with Crippen LogP contribution in [-0.4, -0.2) is 21.0 Å². The summed E-state index contributed by atoms with van der Waals surface area (Å²) in [5.74, 6) is 1.46. The number of rotatable bonds is 3. The number of carbonyl (C=O) groups excluding carboxylic acids is 1. The minimum Gasteiger partial charge on any atom is -0.385 e. The van der Waals surface area contributed by atoms with Crippen molar-refractivity contribution in [3.05, 3.63) is 24.0 Å². The van der Waals surface area contributed by atoms with E-state index in [1.807, 2.05) is 18.2 Å². The summed E-state index contributed by atoms with van der Waals surface area (Å²) in [6.45, 7) is 8.55. The fourth-order valence-electron chi connectivity index (χ4n) is 3.77. The zero-order valence-electron chi connectivity index (χ0n) is 15.6. The molecular formula is C20H29N3O2. The van der Waals surface area contributed by atoms with Crippen molar-refractivity contribution < 1.29 is 9.90 Å². The number of aromatic amines is 1. The third-order valence-corrected chi connectivity index (χ3v) is 5.49. The second-order valence-corrected chi connectivity index (χ2v) is 8.43. The zero-order valence-corrected chi connectivity index (χ0v) is 15.6. The van der Waals surface area contributed by atoms with Gasteiger partial charge in [-0.25, -0.2) is 4.98 Å². The molecule has 136 valence electrons. The van der Waals surface area contributed by atoms with E-state index in [0.717, 1.165) is 42.4 Å². The molecule has 1 aliphatic carbocycles. The zero-order chi connectivity index (χ0) is 18.2. The maximum atomic E-state index is 12.6. The molecule has 1 atom stereocenters. The highest BCUT2D eigenvalue weighted by Gasteiger charge is 2.32. The summed E-state index contributed by atoms with van der Waals surface area (Å²) in [5.41, 5.74) is 2.72. The Hall–Kier alpha value is -1.88. The first-order valence-corrected chi connectivity index (χ1v) is 9.22. The first-order chi connectivity index (χ1) is 11.7. The number of nitrogens with zero attached hydrogens (tertiary/aromatic N) is 1. The van der Waals surface area contributed by atoms with Gasteiger partial charge >= 0.3 is 0 Å². The van der Waals surface area contributed by atoms with Crippen molar-refractivity contribution in [3.63, 3.8) is 0 Å². The number of hydrogen-bond donors (Lipinski definition) is 3. The number of carbonyl (C=O) groups is 1. The quantitative estimate of drug-likeness (QED) is 0.772. The largest absolute Gasteiger partial charge is 0.385 e. The fourth-order valence-corrected chi connectivity index (χ4v) is 3.77. The molecule has 0 radical (unpaired) electrons. The van der Waals surface area contributed by atoms with Crippen molar-refractivity contribution in [2.75, 3.05) is 5.32 Å². The summed E-state index contributed by atoms with van der Waals surface area (Å²) in [4.78, 5) is 20.0. The Kier molecular flexibility index (Phi) is 4.87. The molecule has 0 saturated heterocycles. The van der Waals surface area contributed by atoms with Crippen LogP contribution in [0.1, 0.15) is 65.3 Å². The average molecular weight is 343 g/mol. The van der Waals surface area contributed by atoms with Crippen molar-refractivity contribution in [1.29, 1.82) is 0 Å². The van der Waals surface area contributed by atoms with Crippen molar-refractivity contribution in [2.45, 2.75) is 59.5 Å². The summed E-state index contributed by atoms with van der Waals surface area (Å²) < 4.78 is 0. The van der Waals surface area contributed by atoms with Crippen LogP contribution in [0, 0.1) is 17.3 Å². The molecule has 1 aliphatic rings. The first-order valence-electron chi connectivity index (χ1n) is 9.22. The van der Waals surface area contributed by atoms with Crippen molar-refractivity contribution in [2.24, 2.45) is 17.3 Å². The number of anilines is 1. The monoisotopic (exact) mass is 343 g/mol. The molecule has 1 saturated carbocycles. The molecule has 1 unspecified atom stereocenters. The second kappa shape index (κ2) is 6.79. The van der Waals surface area contributed by atoms with Gasteiger partial charge in [-0.1, -0.05) is 20.8 Å². The van der Waals surface area contributed by atoms with Crippen LogP contribution in [0.4, 0.5) is 5.69 Å². The number of amides is 1. The minimum atomic E-state index is -0.636. The molecule has 2 aromatic rings. The fraction of sp³-hybridized carbons (Fsp3) is 0.600. The van der Waals surface area contributed by atoms with Crippen LogP contribution < -0.4 is 5.32 Å². The molecule has 3 rings (SSSR count). The Morgan fingerprint density at radius 1 is 1.28 bits per heavy atom. The van der Waals surface area contributed by atoms with Crippen LogP contribution in [0.25, 0.3) is 11.0 Å². The number of benzene rings is 1. The lowest BCUT2D eigenvalue weighted by atomic mass is 9.69. The summed E-state index contributed by atoms with van der Waals surface area (Å²) >= 11 is 0. The number of nitrogens with one attached hydrogen (secondary N) is 2. The van der Waals surface area contributed by atoms with E-state index in [1.54, 1.807) is 6.92 Å². The normalized spacial score (nSPS) is 22.8. The average Bonchev–Trinajstić information content (AvgIpc) is 2.98. The highest BCUT2D eigenvalue weighted by atomic mass is 16.3. The Morgan fingerprint density at radius 3 is 2.56 bits per heavy atom. The molecule has 3 N–H and O–H groups in total. The van der Waals surface area contributed by atoms with Gasteiger partial charge in [-0.2, -0.15) is 0 Å². The predicted molar refractivity (Wildman–Crippen MR) is 100 cm³/mol. The van der Waals surface area contributed by atoms with Gasteiger partial charge in [0.05, 0.1) is 11.0 Å². The van der Waals surface area contributed by atoms with Gasteiger partial charge in [0.2, 0.25) is 5.91 Å². The molecule has 5 nitrogen and oxygen atoms in total. The molecule has 1 aromatic heterocycles. The van der Waals surface area contributed by atoms with Crippen LogP contribution in [0.5, 0.6) is 0 Å². The number of aromatic nitrogens is 2. The van der Waals surface area contributed by atoms with E-state index < -0.39 is 6.10 Å². The minimum absolute atomic E-state index is 0.101. The SMILES string of the molecule is CC(O)c1nc2ccc(NC(=O)C3CCC(C(C)(C)C)CC3)cc2[nH]1. The lowest BCUT2D eigenvalue weighted by Crippen LogP contribution is -2.31. The van der Waals surface area contributed by atoms with E-state index in [-0.39, 0.29) is 11.8 Å². The van der Waals surface area contributed by atoms with Gasteiger partial charge in [0.1, 0.15) is 11.9 Å². The van der Waals surface area contributed by atoms with Crippen LogP contribution in [0.15, 0.2) is 18.2 Å². The van der Waals surface area contributed by atoms with Crippen LogP contribution in [-0.2, 0) is 4.79 Å². The van der Waals surface area contributed by atoms with Gasteiger partial charge in [-0.05, 0) is 62.1 Å². The molecule has 1 fully saturated rings. The van der Waals surface area contributed by atoms with Gasteiger partial charge in [0.15, 0.2) is 0 Å². The van der Waals surface area contributed by atoms with Gasteiger partial charge in [0.25, 0.3) is 0 Å². The third kappa shape index (κ3) is 4.03. The van der Waals surface area contributed by atoms with E-state index >= 15 is 0 Å². The summed E-state index contributed by atoms with van der Waals surface area (Å²) in [7, 11) is 0. The van der Waals surface area contributed by atoms with Crippen molar-refractivity contribution >= 4 is 22.6 Å². The summed E-state index contributed by atoms with van der Waals surface area (Å²) in [5, 5.41) is 12.7. The number of imidazole rings is 1. The number of fused-ring (bicyclic) bond motifs is 1. The molecule has 0 aliphatic heterocycles. The Labute approximate surface area is 149 Å². The number of aliphatic hydroxyl groups is 1. The van der Waals surface area contributed by atoms with E-state index in [9.17, 15) is 9.90 Å². The molecular weight excluding hydrogens is 314 g/mol. The first kappa shape index (κ1) is 17.9. The topological polar surface area (TPSA) is 78.0 Å². The van der Waals surface area contributed by atoms with E-state index in [4.69, 9.17) is 0 Å². The van der Waals surface area contributed by atoms with Gasteiger partial charge < -0.3 is 15.4 Å². The molecule has 25 heavy (non-hydrogen) atoms. The van der Waals surface area contributed by atoms with Crippen molar-refractivity contribution in [3.8, 4) is 0 Å². The number of hydrogen-bond acceptors (Lipinski definition) is 3. The molecule has 1 amide bonds. The second-order valence-electron chi connectivity index (χ2n) is 8.43. The van der Waals surface area contributed by atoms with E-state index in [0.29, 0.717) is 17.2 Å². The van der Waals surface area contributed by atoms with Crippen LogP contribution in [0.3, 0.4) is 0 Å². The highest BCUT2D eigenvalue weighted by molar-refractivity contribution is 5.94. The van der Waals surface area contributed by atoms with Gasteiger partial charge in [-0.3, -0.25) is 4.79 Å². The highest BCUT2D eigenvalue weighted by Crippen LogP contribution is 2.40. The Bertz CT molecular complexity index is 750. The summed E-state index contributed by atoms with van der Waals surface area (Å²) in [6, 6.07) is 5.62. The lowest BCUT2D eigenvalue weighted by Gasteiger charge is -2.36. The molecule has 0 bridgehead atoms. The number of H-pyrrole nitrogens is 1. The van der Waals surface area contributed by atoms with Crippen LogP contribution in [0.2, 0.25) is 0 Å². The van der Waals surface area contributed by atoms with E-state index in [1.165, 1.54) is 0 Å². The van der Waals surface area contributed by atoms with Gasteiger partial charge in [0, 0.05) is 11.6 Å². The molecule has 5 heteroatoms. The lowest BCUT2D eigenvalue weighted by molar-refractivity contribution is -0.121. The standard InChI is InChI=1S/C20H29N3O2/c1-12(24)18-22-16-10-9-15(11-17(16)23-18)21-19(25)13-5-7-14(8-6-13)20(2,3)4/h9-14,24H,5-8H2,1-4H3,(H,21,25)(H,22,23). The number of aliphatic hydroxyl groups excluding tert-OH is 1. The third-order valence-electron chi connectivity index (χ3n) is 5.49. The summed E-state index contributed by atoms with van der Waals surface area (Å²) in [6.07, 6.45) is 3.54. The maximum Gasteiger partial charge on any atom is 0.227 e. The Balaban J connectivity index is 1.64. The smallest absolute Gasteiger partial charge is 0.227 e. The molecule has 0 spiro atoms. The maximum absolute atomic E-state index is 12.6. The van der Waals surface area contributed by atoms with E-state index in [2.05, 4.69) is 36.1 Å². The molecule has 1 heterocycles.